The molecule has 1 aromatic rings. The Kier molecular flexibility index (Phi) is 3.84. The fourth-order valence-corrected chi connectivity index (χ4v) is 1.12. The number of nitrogens with zero attached hydrogens (tertiary/aromatic N) is 1. The van der Waals surface area contributed by atoms with E-state index in [-0.39, 0.29) is 6.61 Å². The SMILES string of the molecule is CN(CCO)CCc1ccc[nH]1. The first-order valence-corrected chi connectivity index (χ1v) is 4.24. The molecule has 12 heavy (non-hydrogen) atoms. The van der Waals surface area contributed by atoms with Crippen molar-refractivity contribution in [2.24, 2.45) is 0 Å². The molecule has 3 heteroatoms. The third-order valence-corrected chi connectivity index (χ3v) is 1.91. The topological polar surface area (TPSA) is 39.3 Å². The van der Waals surface area contributed by atoms with Crippen LogP contribution in [0, 0.1) is 0 Å². The number of hydrogen-bond donors (Lipinski definition) is 2. The van der Waals surface area contributed by atoms with Gasteiger partial charge in [0, 0.05) is 31.4 Å². The van der Waals surface area contributed by atoms with Crippen molar-refractivity contribution in [3.8, 4) is 0 Å². The maximum atomic E-state index is 8.64. The smallest absolute Gasteiger partial charge is 0.0558 e. The van der Waals surface area contributed by atoms with Crippen molar-refractivity contribution in [3.05, 3.63) is 24.0 Å². The van der Waals surface area contributed by atoms with E-state index < -0.39 is 0 Å². The van der Waals surface area contributed by atoms with Gasteiger partial charge < -0.3 is 15.0 Å². The van der Waals surface area contributed by atoms with E-state index in [0.717, 1.165) is 19.5 Å². The molecule has 0 saturated carbocycles. The molecule has 0 aliphatic heterocycles. The first kappa shape index (κ1) is 9.29. The molecule has 0 unspecified atom stereocenters. The molecule has 1 aromatic heterocycles. The quantitative estimate of drug-likeness (QED) is 0.671. The summed E-state index contributed by atoms with van der Waals surface area (Å²) in [6.07, 6.45) is 2.95. The number of aliphatic hydroxyl groups is 1. The number of aromatic amines is 1. The molecule has 1 heterocycles. The summed E-state index contributed by atoms with van der Waals surface area (Å²) in [5, 5.41) is 8.64. The maximum Gasteiger partial charge on any atom is 0.0558 e. The predicted molar refractivity (Wildman–Crippen MR) is 49.1 cm³/mol. The van der Waals surface area contributed by atoms with Crippen molar-refractivity contribution in [1.29, 1.82) is 0 Å². The van der Waals surface area contributed by atoms with Gasteiger partial charge in [-0.2, -0.15) is 0 Å². The summed E-state index contributed by atoms with van der Waals surface area (Å²) in [4.78, 5) is 5.26. The van der Waals surface area contributed by atoms with Crippen LogP contribution in [0.5, 0.6) is 0 Å². The summed E-state index contributed by atoms with van der Waals surface area (Å²) in [5.74, 6) is 0. The number of likely N-dealkylation sites (N-methyl/N-ethyl adjacent to an activating group) is 1. The molecule has 0 atom stereocenters. The van der Waals surface area contributed by atoms with Crippen LogP contribution in [0.25, 0.3) is 0 Å². The van der Waals surface area contributed by atoms with Gasteiger partial charge in [0.2, 0.25) is 0 Å². The number of aliphatic hydroxyl groups excluding tert-OH is 1. The fourth-order valence-electron chi connectivity index (χ4n) is 1.12. The average Bonchev–Trinajstić information content (AvgIpc) is 2.53. The molecule has 0 fully saturated rings. The lowest BCUT2D eigenvalue weighted by Gasteiger charge is -2.13. The molecule has 0 bridgehead atoms. The van der Waals surface area contributed by atoms with Crippen LogP contribution in [0.4, 0.5) is 0 Å². The van der Waals surface area contributed by atoms with Crippen LogP contribution in [0.2, 0.25) is 0 Å². The van der Waals surface area contributed by atoms with Crippen LogP contribution in [0.3, 0.4) is 0 Å². The molecule has 1 rings (SSSR count). The maximum absolute atomic E-state index is 8.64. The Balaban J connectivity index is 2.17. The first-order chi connectivity index (χ1) is 5.83. The Labute approximate surface area is 73.0 Å². The molecule has 0 spiro atoms. The predicted octanol–water partition coefficient (Wildman–Crippen LogP) is 0.481. The third-order valence-electron chi connectivity index (χ3n) is 1.91. The Bertz CT molecular complexity index is 196. The van der Waals surface area contributed by atoms with Gasteiger partial charge in [-0.3, -0.25) is 0 Å². The van der Waals surface area contributed by atoms with Crippen LogP contribution in [0.15, 0.2) is 18.3 Å². The molecule has 0 saturated heterocycles. The zero-order valence-electron chi connectivity index (χ0n) is 7.45. The van der Waals surface area contributed by atoms with E-state index in [1.165, 1.54) is 5.69 Å². The van der Waals surface area contributed by atoms with Gasteiger partial charge >= 0.3 is 0 Å². The van der Waals surface area contributed by atoms with Gasteiger partial charge in [-0.1, -0.05) is 0 Å². The highest BCUT2D eigenvalue weighted by atomic mass is 16.3. The van der Waals surface area contributed by atoms with E-state index in [1.54, 1.807) is 0 Å². The summed E-state index contributed by atoms with van der Waals surface area (Å²) in [6, 6.07) is 4.08. The van der Waals surface area contributed by atoms with E-state index in [1.807, 2.05) is 19.3 Å². The standard InChI is InChI=1S/C9H16N2O/c1-11(7-8-12)6-4-9-3-2-5-10-9/h2-3,5,10,12H,4,6-8H2,1H3. The van der Waals surface area contributed by atoms with Gasteiger partial charge in [-0.05, 0) is 19.2 Å². The second-order valence-electron chi connectivity index (χ2n) is 2.97. The van der Waals surface area contributed by atoms with Crippen molar-refractivity contribution >= 4 is 0 Å². The van der Waals surface area contributed by atoms with Gasteiger partial charge in [0.1, 0.15) is 0 Å². The van der Waals surface area contributed by atoms with Crippen LogP contribution in [0.1, 0.15) is 5.69 Å². The largest absolute Gasteiger partial charge is 0.395 e. The van der Waals surface area contributed by atoms with E-state index in [4.69, 9.17) is 5.11 Å². The summed E-state index contributed by atoms with van der Waals surface area (Å²) >= 11 is 0. The Morgan fingerprint density at radius 3 is 2.92 bits per heavy atom. The van der Waals surface area contributed by atoms with Gasteiger partial charge in [0.25, 0.3) is 0 Å². The molecule has 0 aliphatic carbocycles. The number of aromatic nitrogens is 1. The summed E-state index contributed by atoms with van der Waals surface area (Å²) in [6.45, 7) is 1.98. The van der Waals surface area contributed by atoms with Gasteiger partial charge in [-0.25, -0.2) is 0 Å². The molecule has 0 amide bonds. The van der Waals surface area contributed by atoms with E-state index >= 15 is 0 Å². The van der Waals surface area contributed by atoms with E-state index in [2.05, 4.69) is 16.0 Å². The van der Waals surface area contributed by atoms with Crippen LogP contribution in [-0.2, 0) is 6.42 Å². The number of rotatable bonds is 5. The number of H-pyrrole nitrogens is 1. The fraction of sp³-hybridized carbons (Fsp3) is 0.556. The minimum Gasteiger partial charge on any atom is -0.395 e. The van der Waals surface area contributed by atoms with Gasteiger partial charge in [0.05, 0.1) is 6.61 Å². The lowest BCUT2D eigenvalue weighted by atomic mass is 10.3. The summed E-state index contributed by atoms with van der Waals surface area (Å²) in [5.41, 5.74) is 1.25. The Morgan fingerprint density at radius 1 is 1.50 bits per heavy atom. The second kappa shape index (κ2) is 4.95. The van der Waals surface area contributed by atoms with Crippen molar-refractivity contribution in [1.82, 2.24) is 9.88 Å². The lowest BCUT2D eigenvalue weighted by Crippen LogP contribution is -2.24. The minimum atomic E-state index is 0.237. The summed E-state index contributed by atoms with van der Waals surface area (Å²) in [7, 11) is 2.01. The normalized spacial score (nSPS) is 10.9. The van der Waals surface area contributed by atoms with Crippen molar-refractivity contribution in [2.75, 3.05) is 26.7 Å². The van der Waals surface area contributed by atoms with E-state index in [0.29, 0.717) is 0 Å². The Morgan fingerprint density at radius 2 is 2.33 bits per heavy atom. The molecule has 0 aliphatic rings. The van der Waals surface area contributed by atoms with Crippen LogP contribution < -0.4 is 0 Å². The summed E-state index contributed by atoms with van der Waals surface area (Å²) < 4.78 is 0. The monoisotopic (exact) mass is 168 g/mol. The molecular weight excluding hydrogens is 152 g/mol. The van der Waals surface area contributed by atoms with Crippen molar-refractivity contribution in [3.63, 3.8) is 0 Å². The molecular formula is C9H16N2O. The van der Waals surface area contributed by atoms with Crippen LogP contribution in [-0.4, -0.2) is 41.7 Å². The number of nitrogens with one attached hydrogen (secondary N) is 1. The van der Waals surface area contributed by atoms with Crippen molar-refractivity contribution in [2.45, 2.75) is 6.42 Å². The molecule has 3 nitrogen and oxygen atoms in total. The molecule has 68 valence electrons. The second-order valence-corrected chi connectivity index (χ2v) is 2.97. The average molecular weight is 168 g/mol. The van der Waals surface area contributed by atoms with E-state index in [9.17, 15) is 0 Å². The van der Waals surface area contributed by atoms with Gasteiger partial charge in [-0.15, -0.1) is 0 Å². The zero-order valence-corrected chi connectivity index (χ0v) is 7.45. The Hall–Kier alpha value is -0.800. The number of hydrogen-bond acceptors (Lipinski definition) is 2. The minimum absolute atomic E-state index is 0.237. The lowest BCUT2D eigenvalue weighted by molar-refractivity contribution is 0.222. The highest BCUT2D eigenvalue weighted by Crippen LogP contribution is 1.96. The molecule has 2 N–H and O–H groups in total. The van der Waals surface area contributed by atoms with Crippen LogP contribution >= 0.6 is 0 Å². The van der Waals surface area contributed by atoms with Gasteiger partial charge in [0.15, 0.2) is 0 Å². The molecule has 0 radical (unpaired) electrons. The highest BCUT2D eigenvalue weighted by molar-refractivity contribution is 5.03. The highest BCUT2D eigenvalue weighted by Gasteiger charge is 1.97. The zero-order chi connectivity index (χ0) is 8.81. The van der Waals surface area contributed by atoms with Crippen molar-refractivity contribution < 1.29 is 5.11 Å². The first-order valence-electron chi connectivity index (χ1n) is 4.24. The molecule has 0 aromatic carbocycles. The third kappa shape index (κ3) is 3.07.